The van der Waals surface area contributed by atoms with Crippen LogP contribution in [0.5, 0.6) is 0 Å². The molecule has 3 atom stereocenters. The summed E-state index contributed by atoms with van der Waals surface area (Å²) < 4.78 is 0. The standard InChI is InChI=1S/C17H27N/c1-14-7-6-10-17(14)13-18-12-11-15(2)16-8-4-3-5-9-16/h3-5,8-9,14-15,17-18H,6-7,10-13H2,1-2H3. The van der Waals surface area contributed by atoms with Crippen LogP contribution in [-0.4, -0.2) is 13.1 Å². The summed E-state index contributed by atoms with van der Waals surface area (Å²) in [5, 5.41) is 3.66. The third-order valence-electron chi connectivity index (χ3n) is 4.57. The second-order valence-electron chi connectivity index (χ2n) is 5.97. The van der Waals surface area contributed by atoms with E-state index in [-0.39, 0.29) is 0 Å². The molecule has 1 fully saturated rings. The van der Waals surface area contributed by atoms with Crippen molar-refractivity contribution in [1.82, 2.24) is 5.32 Å². The van der Waals surface area contributed by atoms with Crippen molar-refractivity contribution in [2.24, 2.45) is 11.8 Å². The summed E-state index contributed by atoms with van der Waals surface area (Å²) in [6.45, 7) is 7.11. The summed E-state index contributed by atoms with van der Waals surface area (Å²) in [5.41, 5.74) is 1.47. The molecule has 1 aliphatic carbocycles. The van der Waals surface area contributed by atoms with E-state index >= 15 is 0 Å². The van der Waals surface area contributed by atoms with Crippen LogP contribution in [0.25, 0.3) is 0 Å². The summed E-state index contributed by atoms with van der Waals surface area (Å²) >= 11 is 0. The van der Waals surface area contributed by atoms with Gasteiger partial charge in [0.2, 0.25) is 0 Å². The fourth-order valence-corrected chi connectivity index (χ4v) is 3.08. The Morgan fingerprint density at radius 2 is 2.00 bits per heavy atom. The molecule has 0 radical (unpaired) electrons. The third-order valence-corrected chi connectivity index (χ3v) is 4.57. The molecule has 1 aliphatic rings. The predicted octanol–water partition coefficient (Wildman–Crippen LogP) is 4.21. The normalized spacial score (nSPS) is 25.2. The zero-order valence-electron chi connectivity index (χ0n) is 11.9. The number of hydrogen-bond acceptors (Lipinski definition) is 1. The summed E-state index contributed by atoms with van der Waals surface area (Å²) in [4.78, 5) is 0. The average molecular weight is 245 g/mol. The van der Waals surface area contributed by atoms with Crippen molar-refractivity contribution >= 4 is 0 Å². The van der Waals surface area contributed by atoms with E-state index in [4.69, 9.17) is 0 Å². The minimum absolute atomic E-state index is 0.666. The molecule has 1 aromatic rings. The SMILES string of the molecule is CC(CCNCC1CCCC1C)c1ccccc1. The largest absolute Gasteiger partial charge is 0.316 e. The van der Waals surface area contributed by atoms with Crippen LogP contribution >= 0.6 is 0 Å². The molecule has 2 rings (SSSR count). The highest BCUT2D eigenvalue weighted by Crippen LogP contribution is 2.30. The summed E-state index contributed by atoms with van der Waals surface area (Å²) in [6, 6.07) is 10.8. The Kier molecular flexibility index (Phi) is 5.25. The van der Waals surface area contributed by atoms with E-state index in [0.717, 1.165) is 18.4 Å². The lowest BCUT2D eigenvalue weighted by atomic mass is 9.96. The van der Waals surface area contributed by atoms with Crippen LogP contribution in [0.2, 0.25) is 0 Å². The number of benzene rings is 1. The quantitative estimate of drug-likeness (QED) is 0.740. The van der Waals surface area contributed by atoms with E-state index in [9.17, 15) is 0 Å². The van der Waals surface area contributed by atoms with Gasteiger partial charge in [-0.25, -0.2) is 0 Å². The lowest BCUT2D eigenvalue weighted by Gasteiger charge is -2.17. The smallest absolute Gasteiger partial charge is 0.00180 e. The molecule has 18 heavy (non-hydrogen) atoms. The maximum Gasteiger partial charge on any atom is -0.00180 e. The van der Waals surface area contributed by atoms with E-state index in [1.807, 2.05) is 0 Å². The van der Waals surface area contributed by atoms with Gasteiger partial charge in [-0.05, 0) is 49.2 Å². The van der Waals surface area contributed by atoms with Gasteiger partial charge in [-0.3, -0.25) is 0 Å². The van der Waals surface area contributed by atoms with Gasteiger partial charge in [-0.1, -0.05) is 57.0 Å². The van der Waals surface area contributed by atoms with Gasteiger partial charge in [-0.2, -0.15) is 0 Å². The van der Waals surface area contributed by atoms with Crippen molar-refractivity contribution in [3.63, 3.8) is 0 Å². The van der Waals surface area contributed by atoms with Gasteiger partial charge in [0, 0.05) is 0 Å². The van der Waals surface area contributed by atoms with E-state index in [2.05, 4.69) is 49.5 Å². The molecular formula is C17H27N. The van der Waals surface area contributed by atoms with E-state index in [1.165, 1.54) is 37.8 Å². The van der Waals surface area contributed by atoms with Crippen LogP contribution in [0, 0.1) is 11.8 Å². The van der Waals surface area contributed by atoms with E-state index in [1.54, 1.807) is 0 Å². The van der Waals surface area contributed by atoms with Gasteiger partial charge in [-0.15, -0.1) is 0 Å². The zero-order valence-corrected chi connectivity index (χ0v) is 11.9. The first-order valence-electron chi connectivity index (χ1n) is 7.53. The number of hydrogen-bond donors (Lipinski definition) is 1. The molecule has 0 aliphatic heterocycles. The minimum Gasteiger partial charge on any atom is -0.316 e. The molecule has 1 N–H and O–H groups in total. The van der Waals surface area contributed by atoms with Gasteiger partial charge in [0.25, 0.3) is 0 Å². The summed E-state index contributed by atoms with van der Waals surface area (Å²) in [5.74, 6) is 2.53. The number of rotatable bonds is 6. The van der Waals surface area contributed by atoms with E-state index in [0.29, 0.717) is 5.92 Å². The minimum atomic E-state index is 0.666. The second kappa shape index (κ2) is 6.94. The molecule has 1 heteroatoms. The van der Waals surface area contributed by atoms with Crippen molar-refractivity contribution < 1.29 is 0 Å². The molecule has 100 valence electrons. The molecule has 3 unspecified atom stereocenters. The van der Waals surface area contributed by atoms with Gasteiger partial charge in [0.05, 0.1) is 0 Å². The predicted molar refractivity (Wildman–Crippen MR) is 78.8 cm³/mol. The monoisotopic (exact) mass is 245 g/mol. The van der Waals surface area contributed by atoms with Crippen molar-refractivity contribution in [3.8, 4) is 0 Å². The van der Waals surface area contributed by atoms with Crippen molar-refractivity contribution in [1.29, 1.82) is 0 Å². The van der Waals surface area contributed by atoms with Gasteiger partial charge in [0.15, 0.2) is 0 Å². The molecule has 0 aromatic heterocycles. The fourth-order valence-electron chi connectivity index (χ4n) is 3.08. The molecule has 0 bridgehead atoms. The average Bonchev–Trinajstić information content (AvgIpc) is 2.81. The molecule has 0 saturated heterocycles. The Morgan fingerprint density at radius 1 is 1.22 bits per heavy atom. The first kappa shape index (κ1) is 13.6. The Hall–Kier alpha value is -0.820. The first-order chi connectivity index (χ1) is 8.77. The molecule has 1 aromatic carbocycles. The Labute approximate surface area is 112 Å². The van der Waals surface area contributed by atoms with Crippen molar-refractivity contribution in [2.45, 2.75) is 45.4 Å². The fraction of sp³-hybridized carbons (Fsp3) is 0.647. The van der Waals surface area contributed by atoms with Crippen LogP contribution in [0.1, 0.15) is 51.0 Å². The maximum absolute atomic E-state index is 3.66. The van der Waals surface area contributed by atoms with Crippen LogP contribution in [0.15, 0.2) is 30.3 Å². The van der Waals surface area contributed by atoms with E-state index < -0.39 is 0 Å². The highest BCUT2D eigenvalue weighted by atomic mass is 14.9. The highest BCUT2D eigenvalue weighted by Gasteiger charge is 2.22. The maximum atomic E-state index is 3.66. The molecule has 0 spiro atoms. The van der Waals surface area contributed by atoms with Gasteiger partial charge < -0.3 is 5.32 Å². The molecule has 1 nitrogen and oxygen atoms in total. The van der Waals surface area contributed by atoms with Gasteiger partial charge >= 0.3 is 0 Å². The van der Waals surface area contributed by atoms with Gasteiger partial charge in [0.1, 0.15) is 0 Å². The molecular weight excluding hydrogens is 218 g/mol. The Balaban J connectivity index is 1.63. The third kappa shape index (κ3) is 3.84. The van der Waals surface area contributed by atoms with Crippen molar-refractivity contribution in [3.05, 3.63) is 35.9 Å². The Morgan fingerprint density at radius 3 is 2.67 bits per heavy atom. The lowest BCUT2D eigenvalue weighted by molar-refractivity contribution is 0.389. The second-order valence-corrected chi connectivity index (χ2v) is 5.97. The van der Waals surface area contributed by atoms with Crippen molar-refractivity contribution in [2.75, 3.05) is 13.1 Å². The lowest BCUT2D eigenvalue weighted by Crippen LogP contribution is -2.25. The Bertz CT molecular complexity index is 333. The zero-order chi connectivity index (χ0) is 12.8. The number of nitrogens with one attached hydrogen (secondary N) is 1. The molecule has 0 amide bonds. The summed E-state index contributed by atoms with van der Waals surface area (Å²) in [7, 11) is 0. The topological polar surface area (TPSA) is 12.0 Å². The van der Waals surface area contributed by atoms with Crippen LogP contribution < -0.4 is 5.32 Å². The molecule has 1 saturated carbocycles. The molecule has 0 heterocycles. The van der Waals surface area contributed by atoms with Crippen LogP contribution in [0.3, 0.4) is 0 Å². The van der Waals surface area contributed by atoms with Crippen LogP contribution in [-0.2, 0) is 0 Å². The summed E-state index contributed by atoms with van der Waals surface area (Å²) in [6.07, 6.45) is 5.55. The van der Waals surface area contributed by atoms with Crippen LogP contribution in [0.4, 0.5) is 0 Å². The highest BCUT2D eigenvalue weighted by molar-refractivity contribution is 5.18. The first-order valence-corrected chi connectivity index (χ1v) is 7.53.